The molecular formula is C10H20N4O4. The number of likely N-dealkylation sites (N-methyl/N-ethyl adjacent to an activating group) is 1. The quantitative estimate of drug-likeness (QED) is 0.516. The van der Waals surface area contributed by atoms with Gasteiger partial charge in [-0.1, -0.05) is 0 Å². The van der Waals surface area contributed by atoms with Gasteiger partial charge in [-0.15, -0.1) is 0 Å². The maximum Gasteiger partial charge on any atom is 0.323 e. The van der Waals surface area contributed by atoms with E-state index in [0.717, 1.165) is 0 Å². The lowest BCUT2D eigenvalue weighted by atomic mass is 10.2. The molecule has 0 saturated carbocycles. The fourth-order valence-electron chi connectivity index (χ4n) is 1.30. The first-order chi connectivity index (χ1) is 8.23. The van der Waals surface area contributed by atoms with Gasteiger partial charge in [0.2, 0.25) is 5.91 Å². The van der Waals surface area contributed by atoms with Gasteiger partial charge in [-0.25, -0.2) is 4.79 Å². The number of aliphatic carboxylic acids is 1. The van der Waals surface area contributed by atoms with Crippen LogP contribution in [0.15, 0.2) is 0 Å². The Bertz CT molecular complexity index is 319. The number of nitrogens with zero attached hydrogens (tertiary/aromatic N) is 2. The summed E-state index contributed by atoms with van der Waals surface area (Å²) >= 11 is 0. The maximum atomic E-state index is 11.9. The van der Waals surface area contributed by atoms with E-state index in [-0.39, 0.29) is 6.54 Å². The Labute approximate surface area is 106 Å². The highest BCUT2D eigenvalue weighted by Crippen LogP contribution is 1.96. The second kappa shape index (κ2) is 7.49. The van der Waals surface area contributed by atoms with Crippen LogP contribution in [0.3, 0.4) is 0 Å². The van der Waals surface area contributed by atoms with Gasteiger partial charge in [-0.05, 0) is 21.0 Å². The predicted octanol–water partition coefficient (Wildman–Crippen LogP) is -1.48. The summed E-state index contributed by atoms with van der Waals surface area (Å²) in [4.78, 5) is 36.2. The molecule has 0 spiro atoms. The minimum atomic E-state index is -1.10. The van der Waals surface area contributed by atoms with E-state index in [4.69, 9.17) is 10.8 Å². The Morgan fingerprint density at radius 1 is 1.28 bits per heavy atom. The van der Waals surface area contributed by atoms with Gasteiger partial charge in [0.15, 0.2) is 0 Å². The SMILES string of the molecule is CC(NC(N)=O)C(=O)N(CCN(C)C)CC(=O)O. The van der Waals surface area contributed by atoms with Crippen LogP contribution in [-0.4, -0.2) is 72.6 Å². The fraction of sp³-hybridized carbons (Fsp3) is 0.700. The molecule has 4 N–H and O–H groups in total. The molecule has 104 valence electrons. The van der Waals surface area contributed by atoms with E-state index in [1.165, 1.54) is 11.8 Å². The largest absolute Gasteiger partial charge is 0.480 e. The second-order valence-electron chi connectivity index (χ2n) is 4.19. The van der Waals surface area contributed by atoms with Crippen molar-refractivity contribution < 1.29 is 19.5 Å². The van der Waals surface area contributed by atoms with Gasteiger partial charge >= 0.3 is 12.0 Å². The molecule has 8 heteroatoms. The first-order valence-corrected chi connectivity index (χ1v) is 5.45. The third-order valence-corrected chi connectivity index (χ3v) is 2.18. The van der Waals surface area contributed by atoms with E-state index >= 15 is 0 Å². The minimum Gasteiger partial charge on any atom is -0.480 e. The molecule has 0 aliphatic heterocycles. The number of rotatable bonds is 7. The topological polar surface area (TPSA) is 116 Å². The molecule has 0 aliphatic carbocycles. The number of carbonyl (C=O) groups excluding carboxylic acids is 2. The number of urea groups is 1. The number of amides is 3. The normalized spacial score (nSPS) is 12.0. The highest BCUT2D eigenvalue weighted by molar-refractivity contribution is 5.88. The highest BCUT2D eigenvalue weighted by Gasteiger charge is 2.23. The van der Waals surface area contributed by atoms with Crippen molar-refractivity contribution in [3.8, 4) is 0 Å². The predicted molar refractivity (Wildman–Crippen MR) is 65.0 cm³/mol. The smallest absolute Gasteiger partial charge is 0.323 e. The molecule has 3 amide bonds. The molecule has 8 nitrogen and oxygen atoms in total. The van der Waals surface area contributed by atoms with Crippen LogP contribution in [0, 0.1) is 0 Å². The molecule has 0 aromatic carbocycles. The van der Waals surface area contributed by atoms with Crippen LogP contribution < -0.4 is 11.1 Å². The molecule has 1 atom stereocenters. The molecule has 0 saturated heterocycles. The maximum absolute atomic E-state index is 11.9. The Hall–Kier alpha value is -1.83. The number of carboxylic acid groups (broad SMARTS) is 1. The third kappa shape index (κ3) is 6.69. The van der Waals surface area contributed by atoms with Crippen LogP contribution in [-0.2, 0) is 9.59 Å². The standard InChI is InChI=1S/C10H20N4O4/c1-7(12-10(11)18)9(17)14(6-8(15)16)5-4-13(2)3/h7H,4-6H2,1-3H3,(H,15,16)(H3,11,12,18). The second-order valence-corrected chi connectivity index (χ2v) is 4.19. The zero-order valence-electron chi connectivity index (χ0n) is 10.8. The molecule has 1 unspecified atom stereocenters. The summed E-state index contributed by atoms with van der Waals surface area (Å²) in [5.41, 5.74) is 4.91. The lowest BCUT2D eigenvalue weighted by Gasteiger charge is -2.25. The molecule has 0 rings (SSSR count). The number of hydrogen-bond donors (Lipinski definition) is 3. The van der Waals surface area contributed by atoms with Gasteiger partial charge in [0, 0.05) is 13.1 Å². The van der Waals surface area contributed by atoms with Gasteiger partial charge in [0.05, 0.1) is 0 Å². The molecule has 0 aromatic heterocycles. The third-order valence-electron chi connectivity index (χ3n) is 2.18. The summed E-state index contributed by atoms with van der Waals surface area (Å²) in [5, 5.41) is 11.0. The Kier molecular flexibility index (Phi) is 6.73. The van der Waals surface area contributed by atoms with Gasteiger partial charge < -0.3 is 26.0 Å². The van der Waals surface area contributed by atoms with Crippen molar-refractivity contribution in [3.63, 3.8) is 0 Å². The van der Waals surface area contributed by atoms with E-state index in [2.05, 4.69) is 5.32 Å². The van der Waals surface area contributed by atoms with Crippen molar-refractivity contribution in [3.05, 3.63) is 0 Å². The van der Waals surface area contributed by atoms with Gasteiger partial charge in [-0.3, -0.25) is 9.59 Å². The minimum absolute atomic E-state index is 0.267. The van der Waals surface area contributed by atoms with Crippen LogP contribution >= 0.6 is 0 Å². The van der Waals surface area contributed by atoms with E-state index in [1.807, 2.05) is 19.0 Å². The summed E-state index contributed by atoms with van der Waals surface area (Å²) < 4.78 is 0. The van der Waals surface area contributed by atoms with Gasteiger partial charge in [0.25, 0.3) is 0 Å². The monoisotopic (exact) mass is 260 g/mol. The van der Waals surface area contributed by atoms with E-state index in [1.54, 1.807) is 0 Å². The Balaban J connectivity index is 4.56. The summed E-state index contributed by atoms with van der Waals surface area (Å²) in [7, 11) is 3.63. The van der Waals surface area contributed by atoms with Crippen LogP contribution in [0.1, 0.15) is 6.92 Å². The number of carboxylic acids is 1. The van der Waals surface area contributed by atoms with Crippen molar-refractivity contribution in [2.24, 2.45) is 5.73 Å². The van der Waals surface area contributed by atoms with E-state index in [9.17, 15) is 14.4 Å². The summed E-state index contributed by atoms with van der Waals surface area (Å²) in [5.74, 6) is -1.58. The molecule has 0 aliphatic rings. The zero-order valence-corrected chi connectivity index (χ0v) is 10.8. The van der Waals surface area contributed by atoms with Crippen LogP contribution in [0.2, 0.25) is 0 Å². The van der Waals surface area contributed by atoms with E-state index < -0.39 is 30.5 Å². The van der Waals surface area contributed by atoms with Crippen molar-refractivity contribution >= 4 is 17.9 Å². The van der Waals surface area contributed by atoms with Crippen molar-refractivity contribution in [1.82, 2.24) is 15.1 Å². The Morgan fingerprint density at radius 3 is 2.22 bits per heavy atom. The van der Waals surface area contributed by atoms with Crippen molar-refractivity contribution in [1.29, 1.82) is 0 Å². The lowest BCUT2D eigenvalue weighted by Crippen LogP contribution is -2.51. The van der Waals surface area contributed by atoms with Crippen molar-refractivity contribution in [2.75, 3.05) is 33.7 Å². The zero-order chi connectivity index (χ0) is 14.3. The van der Waals surface area contributed by atoms with Crippen LogP contribution in [0.4, 0.5) is 4.79 Å². The molecule has 0 bridgehead atoms. The fourth-order valence-corrected chi connectivity index (χ4v) is 1.30. The summed E-state index contributed by atoms with van der Waals surface area (Å²) in [6.07, 6.45) is 0. The molecular weight excluding hydrogens is 240 g/mol. The molecule has 0 fully saturated rings. The lowest BCUT2D eigenvalue weighted by molar-refractivity contribution is -0.145. The number of hydrogen-bond acceptors (Lipinski definition) is 4. The first-order valence-electron chi connectivity index (χ1n) is 5.45. The van der Waals surface area contributed by atoms with E-state index in [0.29, 0.717) is 6.54 Å². The summed E-state index contributed by atoms with van der Waals surface area (Å²) in [6, 6.07) is -1.66. The highest BCUT2D eigenvalue weighted by atomic mass is 16.4. The first kappa shape index (κ1) is 16.2. The van der Waals surface area contributed by atoms with Gasteiger partial charge in [0.1, 0.15) is 12.6 Å². The van der Waals surface area contributed by atoms with Crippen molar-refractivity contribution in [2.45, 2.75) is 13.0 Å². The molecule has 18 heavy (non-hydrogen) atoms. The number of nitrogens with one attached hydrogen (secondary N) is 1. The average Bonchev–Trinajstić information content (AvgIpc) is 2.21. The van der Waals surface area contributed by atoms with Crippen LogP contribution in [0.5, 0.6) is 0 Å². The van der Waals surface area contributed by atoms with Gasteiger partial charge in [-0.2, -0.15) is 0 Å². The van der Waals surface area contributed by atoms with Crippen LogP contribution in [0.25, 0.3) is 0 Å². The molecule has 0 heterocycles. The average molecular weight is 260 g/mol. The summed E-state index contributed by atoms with van der Waals surface area (Å²) in [6.45, 7) is 1.85. The number of nitrogens with two attached hydrogens (primary N) is 1. The Morgan fingerprint density at radius 2 is 1.83 bits per heavy atom. The molecule has 0 radical (unpaired) electrons. The molecule has 0 aromatic rings. The number of carbonyl (C=O) groups is 3. The number of primary amides is 1.